The number of hydrogen-bond donors (Lipinski definition) is 2. The number of carbonyl (C=O) groups is 3. The van der Waals surface area contributed by atoms with Crippen LogP contribution in [0.1, 0.15) is 32.8 Å². The zero-order valence-electron chi connectivity index (χ0n) is 14.7. The van der Waals surface area contributed by atoms with Crippen LogP contribution in [0.15, 0.2) is 30.3 Å². The summed E-state index contributed by atoms with van der Waals surface area (Å²) in [5, 5.41) is 11.7. The first-order valence-corrected chi connectivity index (χ1v) is 8.24. The number of carboxylic acid groups (broad SMARTS) is 1. The van der Waals surface area contributed by atoms with Gasteiger partial charge in [-0.05, 0) is 32.8 Å². The van der Waals surface area contributed by atoms with Crippen molar-refractivity contribution in [3.05, 3.63) is 35.9 Å². The first-order chi connectivity index (χ1) is 11.7. The smallest absolute Gasteiger partial charge is 0.408 e. The molecule has 2 N–H and O–H groups in total. The molecule has 1 aliphatic rings. The van der Waals surface area contributed by atoms with Gasteiger partial charge in [0, 0.05) is 13.0 Å². The molecule has 0 bridgehead atoms. The number of alkyl carbamates (subject to hydrolysis) is 1. The third kappa shape index (κ3) is 5.20. The highest BCUT2D eigenvalue weighted by Gasteiger charge is 2.41. The predicted molar refractivity (Wildman–Crippen MR) is 91.1 cm³/mol. The number of rotatable bonds is 5. The van der Waals surface area contributed by atoms with E-state index in [1.54, 1.807) is 20.8 Å². The van der Waals surface area contributed by atoms with Crippen LogP contribution in [0.4, 0.5) is 4.79 Å². The summed E-state index contributed by atoms with van der Waals surface area (Å²) in [6.07, 6.45) is -0.0120. The largest absolute Gasteiger partial charge is 0.480 e. The van der Waals surface area contributed by atoms with Crippen LogP contribution >= 0.6 is 0 Å². The molecule has 7 heteroatoms. The van der Waals surface area contributed by atoms with E-state index in [1.807, 2.05) is 30.3 Å². The predicted octanol–water partition coefficient (Wildman–Crippen LogP) is 1.81. The minimum Gasteiger partial charge on any atom is -0.480 e. The van der Waals surface area contributed by atoms with Crippen molar-refractivity contribution in [1.29, 1.82) is 0 Å². The SMILES string of the molecule is CC(C)(C)OC(=O)N[C@H](Cc1ccccc1)C(=O)N1CC[C@H]1C(=O)O. The van der Waals surface area contributed by atoms with E-state index in [0.29, 0.717) is 13.0 Å². The molecule has 1 aromatic carbocycles. The zero-order valence-corrected chi connectivity index (χ0v) is 14.7. The van der Waals surface area contributed by atoms with Gasteiger partial charge in [-0.25, -0.2) is 9.59 Å². The highest BCUT2D eigenvalue weighted by atomic mass is 16.6. The number of amides is 2. The van der Waals surface area contributed by atoms with Gasteiger partial charge >= 0.3 is 12.1 Å². The van der Waals surface area contributed by atoms with Gasteiger partial charge in [0.15, 0.2) is 0 Å². The number of carboxylic acids is 1. The van der Waals surface area contributed by atoms with Crippen LogP contribution in [-0.4, -0.2) is 52.2 Å². The van der Waals surface area contributed by atoms with Crippen LogP contribution in [0.2, 0.25) is 0 Å². The van der Waals surface area contributed by atoms with Gasteiger partial charge in [0.1, 0.15) is 17.7 Å². The normalized spacial score (nSPS) is 18.0. The lowest BCUT2D eigenvalue weighted by Gasteiger charge is -2.40. The van der Waals surface area contributed by atoms with E-state index in [0.717, 1.165) is 5.56 Å². The number of ether oxygens (including phenoxy) is 1. The summed E-state index contributed by atoms with van der Waals surface area (Å²) in [7, 11) is 0. The lowest BCUT2D eigenvalue weighted by Crippen LogP contribution is -2.61. The molecule has 1 heterocycles. The molecule has 0 spiro atoms. The van der Waals surface area contributed by atoms with Crippen molar-refractivity contribution in [2.75, 3.05) is 6.54 Å². The summed E-state index contributed by atoms with van der Waals surface area (Å²) in [5.74, 6) is -1.44. The topological polar surface area (TPSA) is 95.9 Å². The Bertz CT molecular complexity index is 639. The monoisotopic (exact) mass is 348 g/mol. The van der Waals surface area contributed by atoms with E-state index in [2.05, 4.69) is 5.32 Å². The molecule has 0 saturated carbocycles. The molecule has 0 aliphatic carbocycles. The fourth-order valence-corrected chi connectivity index (χ4v) is 2.61. The fourth-order valence-electron chi connectivity index (χ4n) is 2.61. The molecule has 1 aromatic rings. The summed E-state index contributed by atoms with van der Waals surface area (Å²) < 4.78 is 5.22. The number of hydrogen-bond acceptors (Lipinski definition) is 4. The van der Waals surface area contributed by atoms with Gasteiger partial charge < -0.3 is 20.1 Å². The Balaban J connectivity index is 2.12. The zero-order chi connectivity index (χ0) is 18.6. The Morgan fingerprint density at radius 3 is 2.40 bits per heavy atom. The average Bonchev–Trinajstić information content (AvgIpc) is 2.43. The second kappa shape index (κ2) is 7.55. The fraction of sp³-hybridized carbons (Fsp3) is 0.500. The summed E-state index contributed by atoms with van der Waals surface area (Å²) >= 11 is 0. The number of aliphatic carboxylic acids is 1. The Morgan fingerprint density at radius 2 is 1.92 bits per heavy atom. The third-order valence-electron chi connectivity index (χ3n) is 3.86. The van der Waals surface area contributed by atoms with Gasteiger partial charge in [0.2, 0.25) is 5.91 Å². The van der Waals surface area contributed by atoms with Gasteiger partial charge in [-0.1, -0.05) is 30.3 Å². The molecule has 0 radical (unpaired) electrons. The standard InChI is InChI=1S/C18H24N2O5/c1-18(2,3)25-17(24)19-13(11-12-7-5-4-6-8-12)15(21)20-10-9-14(20)16(22)23/h4-8,13-14H,9-11H2,1-3H3,(H,19,24)(H,22,23)/t13-,14+/m1/s1. The van der Waals surface area contributed by atoms with Crippen LogP contribution in [-0.2, 0) is 20.7 Å². The molecule has 0 unspecified atom stereocenters. The van der Waals surface area contributed by atoms with E-state index < -0.39 is 35.7 Å². The Labute approximate surface area is 147 Å². The highest BCUT2D eigenvalue weighted by Crippen LogP contribution is 2.20. The van der Waals surface area contributed by atoms with Gasteiger partial charge in [-0.2, -0.15) is 0 Å². The van der Waals surface area contributed by atoms with Crippen LogP contribution in [0.3, 0.4) is 0 Å². The van der Waals surface area contributed by atoms with Crippen molar-refractivity contribution in [3.8, 4) is 0 Å². The van der Waals surface area contributed by atoms with Crippen molar-refractivity contribution in [1.82, 2.24) is 10.2 Å². The second-order valence-electron chi connectivity index (χ2n) is 7.06. The summed E-state index contributed by atoms with van der Waals surface area (Å²) in [6.45, 7) is 5.57. The molecule has 1 saturated heterocycles. The molecule has 7 nitrogen and oxygen atoms in total. The van der Waals surface area contributed by atoms with E-state index in [9.17, 15) is 14.4 Å². The van der Waals surface area contributed by atoms with Crippen LogP contribution in [0, 0.1) is 0 Å². The second-order valence-corrected chi connectivity index (χ2v) is 7.06. The van der Waals surface area contributed by atoms with E-state index in [4.69, 9.17) is 9.84 Å². The Kier molecular flexibility index (Phi) is 5.66. The van der Waals surface area contributed by atoms with Gasteiger partial charge in [-0.3, -0.25) is 4.79 Å². The van der Waals surface area contributed by atoms with E-state index in [-0.39, 0.29) is 6.42 Å². The summed E-state index contributed by atoms with van der Waals surface area (Å²) in [4.78, 5) is 37.3. The maximum atomic E-state index is 12.7. The Hall–Kier alpha value is -2.57. The number of benzene rings is 1. The molecule has 1 aliphatic heterocycles. The van der Waals surface area contributed by atoms with Crippen molar-refractivity contribution < 1.29 is 24.2 Å². The number of nitrogens with zero attached hydrogens (tertiary/aromatic N) is 1. The third-order valence-corrected chi connectivity index (χ3v) is 3.86. The van der Waals surface area contributed by atoms with Gasteiger partial charge in [0.25, 0.3) is 0 Å². The maximum absolute atomic E-state index is 12.7. The number of likely N-dealkylation sites (tertiary alicyclic amines) is 1. The summed E-state index contributed by atoms with van der Waals surface area (Å²) in [5.41, 5.74) is 0.175. The molecule has 0 aromatic heterocycles. The van der Waals surface area contributed by atoms with Crippen molar-refractivity contribution >= 4 is 18.0 Å². The number of carbonyl (C=O) groups excluding carboxylic acids is 2. The molecular formula is C18H24N2O5. The maximum Gasteiger partial charge on any atom is 0.408 e. The molecule has 25 heavy (non-hydrogen) atoms. The highest BCUT2D eigenvalue weighted by molar-refractivity contribution is 5.90. The van der Waals surface area contributed by atoms with Crippen LogP contribution in [0.5, 0.6) is 0 Å². The molecular weight excluding hydrogens is 324 g/mol. The minimum atomic E-state index is -1.03. The quantitative estimate of drug-likeness (QED) is 0.846. The lowest BCUT2D eigenvalue weighted by molar-refractivity contribution is -0.158. The van der Waals surface area contributed by atoms with Crippen molar-refractivity contribution in [2.24, 2.45) is 0 Å². The molecule has 2 amide bonds. The summed E-state index contributed by atoms with van der Waals surface area (Å²) in [6, 6.07) is 7.54. The lowest BCUT2D eigenvalue weighted by atomic mass is 9.98. The van der Waals surface area contributed by atoms with E-state index in [1.165, 1.54) is 4.90 Å². The molecule has 2 rings (SSSR count). The van der Waals surface area contributed by atoms with Gasteiger partial charge in [0.05, 0.1) is 0 Å². The average molecular weight is 348 g/mol. The minimum absolute atomic E-state index is 0.266. The van der Waals surface area contributed by atoms with Crippen LogP contribution < -0.4 is 5.32 Å². The number of nitrogens with one attached hydrogen (secondary N) is 1. The first-order valence-electron chi connectivity index (χ1n) is 8.24. The first kappa shape index (κ1) is 18.8. The molecule has 2 atom stereocenters. The van der Waals surface area contributed by atoms with Gasteiger partial charge in [-0.15, -0.1) is 0 Å². The van der Waals surface area contributed by atoms with Crippen molar-refractivity contribution in [3.63, 3.8) is 0 Å². The molecule has 1 fully saturated rings. The Morgan fingerprint density at radius 1 is 1.28 bits per heavy atom. The van der Waals surface area contributed by atoms with E-state index >= 15 is 0 Å². The molecule has 136 valence electrons. The van der Waals surface area contributed by atoms with Crippen LogP contribution in [0.25, 0.3) is 0 Å². The van der Waals surface area contributed by atoms with Crippen molar-refractivity contribution in [2.45, 2.75) is 51.3 Å².